The van der Waals surface area contributed by atoms with Gasteiger partial charge < -0.3 is 4.74 Å². The molecule has 1 unspecified atom stereocenters. The van der Waals surface area contributed by atoms with Crippen LogP contribution in [0.25, 0.3) is 0 Å². The number of hydrogen-bond donors (Lipinski definition) is 0. The topological polar surface area (TPSA) is 26.3 Å². The van der Waals surface area contributed by atoms with Crippen molar-refractivity contribution in [2.75, 3.05) is 6.61 Å². The Labute approximate surface area is 98.1 Å². The maximum absolute atomic E-state index is 11.6. The van der Waals surface area contributed by atoms with E-state index in [0.29, 0.717) is 6.61 Å². The predicted octanol–water partition coefficient (Wildman–Crippen LogP) is 3.47. The molecule has 0 radical (unpaired) electrons. The summed E-state index contributed by atoms with van der Waals surface area (Å²) >= 11 is 0. The van der Waals surface area contributed by atoms with Crippen LogP contribution in [0, 0.1) is 11.3 Å². The van der Waals surface area contributed by atoms with Crippen LogP contribution in [0.15, 0.2) is 11.6 Å². The minimum atomic E-state index is -0.251. The van der Waals surface area contributed by atoms with Gasteiger partial charge in [-0.1, -0.05) is 24.5 Å². The first-order chi connectivity index (χ1) is 7.60. The van der Waals surface area contributed by atoms with Gasteiger partial charge in [-0.25, -0.2) is 0 Å². The van der Waals surface area contributed by atoms with Gasteiger partial charge in [0.25, 0.3) is 0 Å². The van der Waals surface area contributed by atoms with Gasteiger partial charge >= 0.3 is 5.97 Å². The largest absolute Gasteiger partial charge is 0.465 e. The molecule has 2 fully saturated rings. The molecule has 2 aliphatic rings. The van der Waals surface area contributed by atoms with Gasteiger partial charge in [0.2, 0.25) is 0 Å². The molecule has 16 heavy (non-hydrogen) atoms. The fourth-order valence-corrected chi connectivity index (χ4v) is 3.01. The van der Waals surface area contributed by atoms with Crippen molar-refractivity contribution in [2.24, 2.45) is 11.3 Å². The lowest BCUT2D eigenvalue weighted by atomic mass is 9.82. The SMILES string of the molecule is C/C(=C\C1CCCC1)CC1(C)CCOC1=O. The monoisotopic (exact) mass is 222 g/mol. The van der Waals surface area contributed by atoms with Crippen molar-refractivity contribution >= 4 is 5.97 Å². The zero-order valence-electron chi connectivity index (χ0n) is 10.4. The number of ether oxygens (including phenoxy) is 1. The number of carbonyl (C=O) groups is 1. The van der Waals surface area contributed by atoms with Crippen molar-refractivity contribution in [1.82, 2.24) is 0 Å². The van der Waals surface area contributed by atoms with Crippen molar-refractivity contribution in [3.63, 3.8) is 0 Å². The van der Waals surface area contributed by atoms with E-state index in [-0.39, 0.29) is 11.4 Å². The molecule has 0 aromatic heterocycles. The lowest BCUT2D eigenvalue weighted by molar-refractivity contribution is -0.145. The van der Waals surface area contributed by atoms with Crippen LogP contribution in [0.3, 0.4) is 0 Å². The molecule has 1 saturated heterocycles. The van der Waals surface area contributed by atoms with Crippen LogP contribution in [0.4, 0.5) is 0 Å². The molecular formula is C14H22O2. The van der Waals surface area contributed by atoms with Gasteiger partial charge in [0, 0.05) is 0 Å². The van der Waals surface area contributed by atoms with Gasteiger partial charge in [0.15, 0.2) is 0 Å². The smallest absolute Gasteiger partial charge is 0.312 e. The van der Waals surface area contributed by atoms with Crippen LogP contribution in [0.2, 0.25) is 0 Å². The first kappa shape index (κ1) is 11.7. The van der Waals surface area contributed by atoms with Crippen LogP contribution in [0.1, 0.15) is 52.4 Å². The molecule has 0 bridgehead atoms. The van der Waals surface area contributed by atoms with Crippen molar-refractivity contribution in [1.29, 1.82) is 0 Å². The van der Waals surface area contributed by atoms with Gasteiger partial charge in [-0.3, -0.25) is 4.79 Å². The van der Waals surface area contributed by atoms with Crippen LogP contribution >= 0.6 is 0 Å². The second-order valence-corrected chi connectivity index (χ2v) is 5.68. The minimum absolute atomic E-state index is 0.00771. The Hall–Kier alpha value is -0.790. The lowest BCUT2D eigenvalue weighted by Gasteiger charge is -2.19. The second kappa shape index (κ2) is 4.60. The Morgan fingerprint density at radius 3 is 2.75 bits per heavy atom. The molecule has 0 aromatic rings. The van der Waals surface area contributed by atoms with E-state index >= 15 is 0 Å². The standard InChI is InChI=1S/C14H22O2/c1-11(9-12-5-3-4-6-12)10-14(2)7-8-16-13(14)15/h9,12H,3-8,10H2,1-2H3/b11-9+. The summed E-state index contributed by atoms with van der Waals surface area (Å²) in [5.41, 5.74) is 1.12. The Morgan fingerprint density at radius 2 is 2.19 bits per heavy atom. The fourth-order valence-electron chi connectivity index (χ4n) is 3.01. The van der Waals surface area contributed by atoms with E-state index in [1.54, 1.807) is 0 Å². The summed E-state index contributed by atoms with van der Waals surface area (Å²) < 4.78 is 5.07. The van der Waals surface area contributed by atoms with E-state index in [1.165, 1.54) is 31.3 Å². The summed E-state index contributed by atoms with van der Waals surface area (Å²) in [7, 11) is 0. The quantitative estimate of drug-likeness (QED) is 0.540. The molecule has 2 rings (SSSR count). The highest BCUT2D eigenvalue weighted by Crippen LogP contribution is 2.37. The number of esters is 1. The number of allylic oxidation sites excluding steroid dienone is 2. The third kappa shape index (κ3) is 2.47. The van der Waals surface area contributed by atoms with E-state index in [2.05, 4.69) is 13.0 Å². The predicted molar refractivity (Wildman–Crippen MR) is 64.0 cm³/mol. The van der Waals surface area contributed by atoms with E-state index in [0.717, 1.165) is 18.8 Å². The zero-order chi connectivity index (χ0) is 11.6. The lowest BCUT2D eigenvalue weighted by Crippen LogP contribution is -2.22. The molecule has 1 heterocycles. The van der Waals surface area contributed by atoms with Crippen molar-refractivity contribution in [3.8, 4) is 0 Å². The summed E-state index contributed by atoms with van der Waals surface area (Å²) in [5.74, 6) is 0.757. The van der Waals surface area contributed by atoms with Gasteiger partial charge in [-0.2, -0.15) is 0 Å². The van der Waals surface area contributed by atoms with Gasteiger partial charge in [-0.15, -0.1) is 0 Å². The summed E-state index contributed by atoms with van der Waals surface area (Å²) in [5, 5.41) is 0. The summed E-state index contributed by atoms with van der Waals surface area (Å²) in [4.78, 5) is 11.6. The molecule has 0 N–H and O–H groups in total. The molecule has 1 aliphatic heterocycles. The normalized spacial score (nSPS) is 32.1. The summed E-state index contributed by atoms with van der Waals surface area (Å²) in [6.45, 7) is 4.80. The Kier molecular flexibility index (Phi) is 3.36. The first-order valence-electron chi connectivity index (χ1n) is 6.45. The highest BCUT2D eigenvalue weighted by Gasteiger charge is 2.39. The molecular weight excluding hydrogens is 200 g/mol. The molecule has 1 aliphatic carbocycles. The van der Waals surface area contributed by atoms with E-state index < -0.39 is 0 Å². The number of rotatable bonds is 3. The number of cyclic esters (lactones) is 1. The Balaban J connectivity index is 1.95. The van der Waals surface area contributed by atoms with E-state index in [9.17, 15) is 4.79 Å². The van der Waals surface area contributed by atoms with E-state index in [4.69, 9.17) is 4.74 Å². The molecule has 1 saturated carbocycles. The zero-order valence-corrected chi connectivity index (χ0v) is 10.4. The fraction of sp³-hybridized carbons (Fsp3) is 0.786. The van der Waals surface area contributed by atoms with Gasteiger partial charge in [0.1, 0.15) is 0 Å². The van der Waals surface area contributed by atoms with Crippen molar-refractivity contribution in [3.05, 3.63) is 11.6 Å². The number of carbonyl (C=O) groups excluding carboxylic acids is 1. The van der Waals surface area contributed by atoms with Crippen molar-refractivity contribution in [2.45, 2.75) is 52.4 Å². The molecule has 0 aromatic carbocycles. The molecule has 2 heteroatoms. The van der Waals surface area contributed by atoms with Crippen LogP contribution in [-0.2, 0) is 9.53 Å². The highest BCUT2D eigenvalue weighted by molar-refractivity contribution is 5.78. The minimum Gasteiger partial charge on any atom is -0.465 e. The average Bonchev–Trinajstić information content (AvgIpc) is 2.79. The highest BCUT2D eigenvalue weighted by atomic mass is 16.5. The third-order valence-corrected chi connectivity index (χ3v) is 3.97. The molecule has 0 spiro atoms. The summed E-state index contributed by atoms with van der Waals surface area (Å²) in [6.07, 6.45) is 9.55. The summed E-state index contributed by atoms with van der Waals surface area (Å²) in [6, 6.07) is 0. The van der Waals surface area contributed by atoms with Gasteiger partial charge in [0.05, 0.1) is 12.0 Å². The van der Waals surface area contributed by atoms with E-state index in [1.807, 2.05) is 6.92 Å². The van der Waals surface area contributed by atoms with Crippen LogP contribution in [-0.4, -0.2) is 12.6 Å². The Morgan fingerprint density at radius 1 is 1.50 bits per heavy atom. The molecule has 1 atom stereocenters. The van der Waals surface area contributed by atoms with Crippen LogP contribution in [0.5, 0.6) is 0 Å². The molecule has 2 nitrogen and oxygen atoms in total. The Bertz CT molecular complexity index is 300. The van der Waals surface area contributed by atoms with Gasteiger partial charge in [-0.05, 0) is 45.4 Å². The number of hydrogen-bond acceptors (Lipinski definition) is 2. The average molecular weight is 222 g/mol. The third-order valence-electron chi connectivity index (χ3n) is 3.97. The molecule has 90 valence electrons. The maximum atomic E-state index is 11.6. The van der Waals surface area contributed by atoms with Crippen LogP contribution < -0.4 is 0 Å². The maximum Gasteiger partial charge on any atom is 0.312 e. The first-order valence-corrected chi connectivity index (χ1v) is 6.45. The second-order valence-electron chi connectivity index (χ2n) is 5.68. The van der Waals surface area contributed by atoms with Crippen molar-refractivity contribution < 1.29 is 9.53 Å². The molecule has 0 amide bonds.